The van der Waals surface area contributed by atoms with E-state index in [1.54, 1.807) is 12.1 Å². The molecule has 0 N–H and O–H groups in total. The van der Waals surface area contributed by atoms with E-state index in [1.807, 2.05) is 13.0 Å². The molecule has 2 heterocycles. The van der Waals surface area contributed by atoms with Gasteiger partial charge in [-0.15, -0.1) is 0 Å². The Balaban J connectivity index is 1.84. The third-order valence-corrected chi connectivity index (χ3v) is 6.58. The van der Waals surface area contributed by atoms with Gasteiger partial charge in [-0.05, 0) is 30.2 Å². The van der Waals surface area contributed by atoms with Gasteiger partial charge in [-0.1, -0.05) is 12.1 Å². The lowest BCUT2D eigenvalue weighted by Gasteiger charge is -2.16. The smallest absolute Gasteiger partial charge is 0.336 e. The summed E-state index contributed by atoms with van der Waals surface area (Å²) in [4.78, 5) is 24.7. The zero-order valence-corrected chi connectivity index (χ0v) is 16.7. The summed E-state index contributed by atoms with van der Waals surface area (Å²) < 4.78 is 42.4. The van der Waals surface area contributed by atoms with Crippen LogP contribution in [0, 0.1) is 6.92 Å². The van der Waals surface area contributed by atoms with E-state index in [-0.39, 0.29) is 28.5 Å². The zero-order valence-electron chi connectivity index (χ0n) is 15.9. The molecule has 0 fully saturated rings. The van der Waals surface area contributed by atoms with Crippen LogP contribution in [0.15, 0.2) is 50.5 Å². The van der Waals surface area contributed by atoms with Crippen LogP contribution in [0.3, 0.4) is 0 Å². The van der Waals surface area contributed by atoms with Crippen LogP contribution in [0.4, 0.5) is 0 Å². The van der Waals surface area contributed by atoms with Crippen molar-refractivity contribution in [3.63, 3.8) is 0 Å². The Morgan fingerprint density at radius 1 is 1.00 bits per heavy atom. The molecule has 0 saturated heterocycles. The number of hydrogen-bond donors (Lipinski definition) is 0. The lowest BCUT2D eigenvalue weighted by molar-refractivity contribution is 0.0864. The van der Waals surface area contributed by atoms with E-state index in [2.05, 4.69) is 0 Å². The lowest BCUT2D eigenvalue weighted by atomic mass is 10.1. The van der Waals surface area contributed by atoms with E-state index in [0.717, 1.165) is 9.87 Å². The minimum absolute atomic E-state index is 0.00855. The fourth-order valence-electron chi connectivity index (χ4n) is 3.38. The Kier molecular flexibility index (Phi) is 4.34. The number of aryl methyl sites for hydroxylation is 1. The lowest BCUT2D eigenvalue weighted by Crippen LogP contribution is -2.29. The van der Waals surface area contributed by atoms with Crippen molar-refractivity contribution in [1.82, 2.24) is 4.31 Å². The van der Waals surface area contributed by atoms with Crippen molar-refractivity contribution in [2.45, 2.75) is 18.4 Å². The second-order valence-electron chi connectivity index (χ2n) is 6.61. The SMILES string of the molecule is COc1cc2c(cc1OC)S(=O)(=O)N(Cc1cc(=O)oc3cc(C)ccc13)C2=O. The monoisotopic (exact) mass is 415 g/mol. The van der Waals surface area contributed by atoms with Crippen LogP contribution in [0.2, 0.25) is 0 Å². The number of rotatable bonds is 4. The minimum Gasteiger partial charge on any atom is -0.493 e. The molecule has 150 valence electrons. The first-order valence-corrected chi connectivity index (χ1v) is 10.1. The average Bonchev–Trinajstić information content (AvgIpc) is 2.86. The predicted molar refractivity (Wildman–Crippen MR) is 104 cm³/mol. The topological polar surface area (TPSA) is 103 Å². The molecule has 0 radical (unpaired) electrons. The summed E-state index contributed by atoms with van der Waals surface area (Å²) >= 11 is 0. The Bertz CT molecular complexity index is 1320. The molecule has 0 atom stereocenters. The Hall–Kier alpha value is -3.33. The number of sulfonamides is 1. The Morgan fingerprint density at radius 2 is 1.69 bits per heavy atom. The van der Waals surface area contributed by atoms with Gasteiger partial charge in [-0.2, -0.15) is 0 Å². The first kappa shape index (κ1) is 19.0. The molecule has 0 aliphatic carbocycles. The number of carbonyl (C=O) groups is 1. The molecular weight excluding hydrogens is 398 g/mol. The summed E-state index contributed by atoms with van der Waals surface area (Å²) in [5.74, 6) is -0.252. The number of fused-ring (bicyclic) bond motifs is 2. The van der Waals surface area contributed by atoms with Gasteiger partial charge in [0.2, 0.25) is 0 Å². The van der Waals surface area contributed by atoms with Gasteiger partial charge >= 0.3 is 5.63 Å². The molecule has 0 saturated carbocycles. The van der Waals surface area contributed by atoms with Gasteiger partial charge in [0.25, 0.3) is 15.9 Å². The van der Waals surface area contributed by atoms with Crippen LogP contribution in [-0.2, 0) is 16.6 Å². The van der Waals surface area contributed by atoms with Crippen LogP contribution in [0.25, 0.3) is 11.0 Å². The van der Waals surface area contributed by atoms with E-state index in [9.17, 15) is 18.0 Å². The van der Waals surface area contributed by atoms with Crippen LogP contribution in [0.1, 0.15) is 21.5 Å². The second-order valence-corrected chi connectivity index (χ2v) is 8.44. The molecular formula is C20H17NO7S. The minimum atomic E-state index is -4.13. The van der Waals surface area contributed by atoms with E-state index in [0.29, 0.717) is 16.5 Å². The normalized spacial score (nSPS) is 14.9. The molecule has 0 unspecified atom stereocenters. The van der Waals surface area contributed by atoms with Gasteiger partial charge in [0.15, 0.2) is 11.5 Å². The number of nitrogens with zero attached hydrogens (tertiary/aromatic N) is 1. The van der Waals surface area contributed by atoms with Gasteiger partial charge in [0.1, 0.15) is 10.5 Å². The quantitative estimate of drug-likeness (QED) is 0.603. The number of ether oxygens (including phenoxy) is 2. The Labute approximate surface area is 166 Å². The number of carbonyl (C=O) groups excluding carboxylic acids is 1. The molecule has 1 amide bonds. The Morgan fingerprint density at radius 3 is 2.38 bits per heavy atom. The fraction of sp³-hybridized carbons (Fsp3) is 0.200. The summed E-state index contributed by atoms with van der Waals surface area (Å²) in [7, 11) is -1.35. The first-order valence-electron chi connectivity index (χ1n) is 8.62. The predicted octanol–water partition coefficient (Wildman–Crippen LogP) is 2.46. The van der Waals surface area contributed by atoms with Gasteiger partial charge in [-0.3, -0.25) is 4.79 Å². The van der Waals surface area contributed by atoms with E-state index < -0.39 is 21.6 Å². The highest BCUT2D eigenvalue weighted by Gasteiger charge is 2.42. The van der Waals surface area contributed by atoms with Crippen molar-refractivity contribution in [3.05, 3.63) is 63.5 Å². The molecule has 0 spiro atoms. The molecule has 2 aromatic carbocycles. The van der Waals surface area contributed by atoms with Gasteiger partial charge in [-0.25, -0.2) is 17.5 Å². The fourth-order valence-corrected chi connectivity index (χ4v) is 4.93. The van der Waals surface area contributed by atoms with Crippen molar-refractivity contribution in [3.8, 4) is 11.5 Å². The van der Waals surface area contributed by atoms with Crippen LogP contribution >= 0.6 is 0 Å². The van der Waals surface area contributed by atoms with Crippen LogP contribution < -0.4 is 15.1 Å². The molecule has 29 heavy (non-hydrogen) atoms. The van der Waals surface area contributed by atoms with Gasteiger partial charge < -0.3 is 13.9 Å². The molecule has 9 heteroatoms. The average molecular weight is 415 g/mol. The summed E-state index contributed by atoms with van der Waals surface area (Å²) in [6, 6.07) is 9.04. The first-order chi connectivity index (χ1) is 13.8. The molecule has 4 rings (SSSR count). The molecule has 3 aromatic rings. The number of amides is 1. The highest BCUT2D eigenvalue weighted by atomic mass is 32.2. The summed E-state index contributed by atoms with van der Waals surface area (Å²) in [5, 5.41) is 0.560. The van der Waals surface area contributed by atoms with E-state index >= 15 is 0 Å². The van der Waals surface area contributed by atoms with Crippen LogP contribution in [0.5, 0.6) is 11.5 Å². The molecule has 8 nitrogen and oxygen atoms in total. The number of methoxy groups -OCH3 is 2. The highest BCUT2D eigenvalue weighted by molar-refractivity contribution is 7.90. The van der Waals surface area contributed by atoms with E-state index in [1.165, 1.54) is 32.4 Å². The largest absolute Gasteiger partial charge is 0.493 e. The number of benzene rings is 2. The third kappa shape index (κ3) is 2.94. The van der Waals surface area contributed by atoms with E-state index in [4.69, 9.17) is 13.9 Å². The highest BCUT2D eigenvalue weighted by Crippen LogP contribution is 2.39. The maximum Gasteiger partial charge on any atom is 0.336 e. The van der Waals surface area contributed by atoms with Gasteiger partial charge in [0, 0.05) is 17.5 Å². The van der Waals surface area contributed by atoms with Crippen molar-refractivity contribution in [2.24, 2.45) is 0 Å². The second kappa shape index (κ2) is 6.63. The maximum atomic E-state index is 13.0. The van der Waals surface area contributed by atoms with Gasteiger partial charge in [0.05, 0.1) is 26.3 Å². The molecule has 1 aromatic heterocycles. The van der Waals surface area contributed by atoms with Crippen molar-refractivity contribution >= 4 is 26.9 Å². The van der Waals surface area contributed by atoms with Crippen molar-refractivity contribution < 1.29 is 27.1 Å². The molecule has 1 aliphatic rings. The summed E-state index contributed by atoms with van der Waals surface area (Å²) in [6.45, 7) is 1.55. The maximum absolute atomic E-state index is 13.0. The van der Waals surface area contributed by atoms with Crippen LogP contribution in [-0.4, -0.2) is 32.8 Å². The summed E-state index contributed by atoms with van der Waals surface area (Å²) in [5.41, 5.74) is 0.959. The molecule has 1 aliphatic heterocycles. The van der Waals surface area contributed by atoms with Crippen molar-refractivity contribution in [1.29, 1.82) is 0 Å². The summed E-state index contributed by atoms with van der Waals surface area (Å²) in [6.07, 6.45) is 0. The van der Waals surface area contributed by atoms with Crippen molar-refractivity contribution in [2.75, 3.05) is 14.2 Å². The standard InChI is InChI=1S/C20H17NO7S/c1-11-4-5-13-12(7-19(22)28-15(13)6-11)10-21-20(23)14-8-16(26-2)17(27-3)9-18(14)29(21,24)25/h4-9H,10H2,1-3H3. The number of hydrogen-bond acceptors (Lipinski definition) is 7. The zero-order chi connectivity index (χ0) is 20.9. The third-order valence-electron chi connectivity index (χ3n) is 4.81. The molecule has 0 bridgehead atoms.